The molecule has 0 aromatic heterocycles. The fourth-order valence-corrected chi connectivity index (χ4v) is 1.66. The van der Waals surface area contributed by atoms with Gasteiger partial charge < -0.3 is 10.2 Å². The fraction of sp³-hybridized carbons (Fsp3) is 0.300. The van der Waals surface area contributed by atoms with Gasteiger partial charge in [0.05, 0.1) is 11.4 Å². The molecular formula is C10H12ClN2. The third kappa shape index (κ3) is 1.46. The first-order chi connectivity index (χ1) is 6.18. The Bertz CT molecular complexity index is 323. The van der Waals surface area contributed by atoms with E-state index in [1.54, 1.807) is 0 Å². The lowest BCUT2D eigenvalue weighted by Crippen LogP contribution is -2.25. The quantitative estimate of drug-likeness (QED) is 0.741. The van der Waals surface area contributed by atoms with E-state index in [2.05, 4.69) is 24.1 Å². The summed E-state index contributed by atoms with van der Waals surface area (Å²) < 4.78 is 0. The number of hydrogen-bond donors (Lipinski definition) is 1. The molecule has 0 fully saturated rings. The van der Waals surface area contributed by atoms with Gasteiger partial charge in [-0.3, -0.25) is 0 Å². The maximum Gasteiger partial charge on any atom is 0.139 e. The second-order valence-corrected chi connectivity index (χ2v) is 3.87. The highest BCUT2D eigenvalue weighted by atomic mass is 35.5. The Hall–Kier alpha value is -0.890. The molecule has 69 valence electrons. The van der Waals surface area contributed by atoms with Crippen LogP contribution in [0.2, 0.25) is 5.02 Å². The average molecular weight is 196 g/mol. The molecular weight excluding hydrogens is 184 g/mol. The van der Waals surface area contributed by atoms with Crippen molar-refractivity contribution >= 4 is 23.0 Å². The summed E-state index contributed by atoms with van der Waals surface area (Å²) in [5.74, 6) is 0. The molecule has 1 radical (unpaired) electrons. The van der Waals surface area contributed by atoms with Crippen LogP contribution in [0.5, 0.6) is 0 Å². The Labute approximate surface area is 83.5 Å². The van der Waals surface area contributed by atoms with E-state index in [0.29, 0.717) is 6.04 Å². The van der Waals surface area contributed by atoms with E-state index in [1.807, 2.05) is 24.9 Å². The monoisotopic (exact) mass is 195 g/mol. The highest BCUT2D eigenvalue weighted by Gasteiger charge is 2.20. The number of halogens is 1. The highest BCUT2D eigenvalue weighted by Crippen LogP contribution is 2.36. The van der Waals surface area contributed by atoms with Crippen LogP contribution in [0.4, 0.5) is 11.4 Å². The SMILES string of the molecule is CC(C)N1[CH]Nc2cc(Cl)ccc21. The molecule has 0 amide bonds. The Morgan fingerprint density at radius 3 is 2.85 bits per heavy atom. The first-order valence-electron chi connectivity index (χ1n) is 4.36. The average Bonchev–Trinajstić information content (AvgIpc) is 2.46. The number of benzene rings is 1. The lowest BCUT2D eigenvalue weighted by molar-refractivity contribution is 0.767. The van der Waals surface area contributed by atoms with E-state index in [4.69, 9.17) is 11.6 Å². The van der Waals surface area contributed by atoms with Crippen molar-refractivity contribution in [2.45, 2.75) is 19.9 Å². The van der Waals surface area contributed by atoms with E-state index in [1.165, 1.54) is 5.69 Å². The van der Waals surface area contributed by atoms with Crippen LogP contribution in [0.25, 0.3) is 0 Å². The third-order valence-electron chi connectivity index (χ3n) is 2.15. The Morgan fingerprint density at radius 2 is 2.15 bits per heavy atom. The zero-order valence-corrected chi connectivity index (χ0v) is 8.47. The second kappa shape index (κ2) is 3.11. The van der Waals surface area contributed by atoms with Gasteiger partial charge in [0.15, 0.2) is 0 Å². The van der Waals surface area contributed by atoms with Crippen LogP contribution in [-0.4, -0.2) is 6.04 Å². The maximum atomic E-state index is 5.88. The summed E-state index contributed by atoms with van der Waals surface area (Å²) in [6, 6.07) is 6.36. The molecule has 2 rings (SSSR count). The molecule has 0 saturated carbocycles. The molecule has 0 spiro atoms. The van der Waals surface area contributed by atoms with E-state index in [0.717, 1.165) is 10.7 Å². The van der Waals surface area contributed by atoms with E-state index in [9.17, 15) is 0 Å². The van der Waals surface area contributed by atoms with E-state index in [-0.39, 0.29) is 0 Å². The normalized spacial score (nSPS) is 14.6. The molecule has 3 heteroatoms. The van der Waals surface area contributed by atoms with Gasteiger partial charge in [-0.1, -0.05) is 11.6 Å². The van der Waals surface area contributed by atoms with Crippen LogP contribution >= 0.6 is 11.6 Å². The summed E-state index contributed by atoms with van der Waals surface area (Å²) in [6.07, 6.45) is 0. The van der Waals surface area contributed by atoms with Crippen molar-refractivity contribution in [1.82, 2.24) is 0 Å². The second-order valence-electron chi connectivity index (χ2n) is 3.44. The molecule has 1 aliphatic rings. The molecule has 1 aromatic carbocycles. The van der Waals surface area contributed by atoms with E-state index < -0.39 is 0 Å². The predicted molar refractivity (Wildman–Crippen MR) is 57.0 cm³/mol. The number of fused-ring (bicyclic) bond motifs is 1. The topological polar surface area (TPSA) is 15.3 Å². The van der Waals surface area contributed by atoms with Crippen LogP contribution in [0.1, 0.15) is 13.8 Å². The molecule has 0 saturated heterocycles. The van der Waals surface area contributed by atoms with Crippen molar-refractivity contribution in [1.29, 1.82) is 0 Å². The Kier molecular flexibility index (Phi) is 2.08. The number of nitrogens with zero attached hydrogens (tertiary/aromatic N) is 1. The first-order valence-corrected chi connectivity index (χ1v) is 4.74. The summed E-state index contributed by atoms with van der Waals surface area (Å²) >= 11 is 5.88. The summed E-state index contributed by atoms with van der Waals surface area (Å²) in [7, 11) is 0. The van der Waals surface area contributed by atoms with Gasteiger partial charge in [0.25, 0.3) is 0 Å². The van der Waals surface area contributed by atoms with Gasteiger partial charge in [0.2, 0.25) is 0 Å². The lowest BCUT2D eigenvalue weighted by atomic mass is 10.2. The highest BCUT2D eigenvalue weighted by molar-refractivity contribution is 6.31. The van der Waals surface area contributed by atoms with Crippen LogP contribution in [0, 0.1) is 6.67 Å². The van der Waals surface area contributed by atoms with Gasteiger partial charge in [0.1, 0.15) is 6.67 Å². The lowest BCUT2D eigenvalue weighted by Gasteiger charge is -2.21. The van der Waals surface area contributed by atoms with Gasteiger partial charge in [-0.2, -0.15) is 0 Å². The standard InChI is InChI=1S/C10H12ClN2/c1-7(2)13-6-12-9-5-8(11)3-4-10(9)13/h3-7,12H,1-2H3. The predicted octanol–water partition coefficient (Wildman–Crippen LogP) is 3.10. The number of anilines is 2. The van der Waals surface area contributed by atoms with Crippen LogP contribution in [0.15, 0.2) is 18.2 Å². The molecule has 1 heterocycles. The summed E-state index contributed by atoms with van der Waals surface area (Å²) in [4.78, 5) is 2.19. The summed E-state index contributed by atoms with van der Waals surface area (Å²) in [5.41, 5.74) is 2.28. The maximum absolute atomic E-state index is 5.88. The molecule has 0 aliphatic carbocycles. The van der Waals surface area contributed by atoms with Crippen molar-refractivity contribution in [3.8, 4) is 0 Å². The van der Waals surface area contributed by atoms with E-state index >= 15 is 0 Å². The van der Waals surface area contributed by atoms with Gasteiger partial charge in [-0.05, 0) is 32.0 Å². The zero-order chi connectivity index (χ0) is 9.42. The first kappa shape index (κ1) is 8.70. The van der Waals surface area contributed by atoms with Crippen molar-refractivity contribution in [3.63, 3.8) is 0 Å². The number of rotatable bonds is 1. The van der Waals surface area contributed by atoms with Crippen molar-refractivity contribution in [3.05, 3.63) is 29.9 Å². The molecule has 0 bridgehead atoms. The molecule has 13 heavy (non-hydrogen) atoms. The number of nitrogens with one attached hydrogen (secondary N) is 1. The minimum atomic E-state index is 0.468. The number of hydrogen-bond acceptors (Lipinski definition) is 2. The van der Waals surface area contributed by atoms with Crippen molar-refractivity contribution in [2.75, 3.05) is 10.2 Å². The Morgan fingerprint density at radius 1 is 1.38 bits per heavy atom. The summed E-state index contributed by atoms with van der Waals surface area (Å²) in [5, 5.41) is 3.96. The molecule has 0 atom stereocenters. The van der Waals surface area contributed by atoms with Crippen LogP contribution < -0.4 is 10.2 Å². The van der Waals surface area contributed by atoms with Gasteiger partial charge >= 0.3 is 0 Å². The van der Waals surface area contributed by atoms with Gasteiger partial charge in [0, 0.05) is 11.1 Å². The fourth-order valence-electron chi connectivity index (χ4n) is 1.48. The zero-order valence-electron chi connectivity index (χ0n) is 7.71. The molecule has 1 aliphatic heterocycles. The van der Waals surface area contributed by atoms with Gasteiger partial charge in [-0.25, -0.2) is 0 Å². The largest absolute Gasteiger partial charge is 0.360 e. The van der Waals surface area contributed by atoms with Crippen LogP contribution in [-0.2, 0) is 0 Å². The van der Waals surface area contributed by atoms with Crippen molar-refractivity contribution in [2.24, 2.45) is 0 Å². The minimum Gasteiger partial charge on any atom is -0.360 e. The summed E-state index contributed by atoms with van der Waals surface area (Å²) in [6.45, 7) is 6.29. The van der Waals surface area contributed by atoms with Gasteiger partial charge in [-0.15, -0.1) is 0 Å². The smallest absolute Gasteiger partial charge is 0.139 e. The molecule has 1 aromatic rings. The third-order valence-corrected chi connectivity index (χ3v) is 2.39. The molecule has 1 N–H and O–H groups in total. The Balaban J connectivity index is 2.38. The molecule has 2 nitrogen and oxygen atoms in total. The molecule has 0 unspecified atom stereocenters. The minimum absolute atomic E-state index is 0.468. The van der Waals surface area contributed by atoms with Crippen LogP contribution in [0.3, 0.4) is 0 Å². The van der Waals surface area contributed by atoms with Crippen molar-refractivity contribution < 1.29 is 0 Å².